The van der Waals surface area contributed by atoms with Crippen LogP contribution in [-0.2, 0) is 6.18 Å². The summed E-state index contributed by atoms with van der Waals surface area (Å²) in [5, 5.41) is 6.33. The van der Waals surface area contributed by atoms with Gasteiger partial charge in [0.15, 0.2) is 5.11 Å². The van der Waals surface area contributed by atoms with E-state index in [4.69, 9.17) is 17.0 Å². The summed E-state index contributed by atoms with van der Waals surface area (Å²) in [5.74, 6) is 0.797. The lowest BCUT2D eigenvalue weighted by molar-refractivity contribution is -0.137. The zero-order chi connectivity index (χ0) is 19.8. The monoisotopic (exact) mass is 394 g/mol. The molecule has 0 saturated heterocycles. The highest BCUT2D eigenvalue weighted by Crippen LogP contribution is 2.40. The average Bonchev–Trinajstić information content (AvgIpc) is 2.52. The largest absolute Gasteiger partial charge is 0.487 e. The lowest BCUT2D eigenvalue weighted by Crippen LogP contribution is -2.42. The summed E-state index contributed by atoms with van der Waals surface area (Å²) in [6, 6.07) is 10.8. The van der Waals surface area contributed by atoms with E-state index in [0.717, 1.165) is 29.0 Å². The van der Waals surface area contributed by atoms with E-state index in [2.05, 4.69) is 10.6 Å². The number of benzene rings is 2. The molecule has 0 bridgehead atoms. The zero-order valence-electron chi connectivity index (χ0n) is 15.3. The first-order chi connectivity index (χ1) is 12.5. The molecular weight excluding hydrogens is 373 g/mol. The number of alkyl halides is 3. The Bertz CT molecular complexity index is 865. The second kappa shape index (κ2) is 7.03. The third kappa shape index (κ3) is 4.71. The number of ether oxygens (including phenoxy) is 1. The fourth-order valence-corrected chi connectivity index (χ4v) is 3.45. The van der Waals surface area contributed by atoms with E-state index in [-0.39, 0.29) is 22.4 Å². The Kier molecular flexibility index (Phi) is 5.08. The Morgan fingerprint density at radius 2 is 1.93 bits per heavy atom. The minimum Gasteiger partial charge on any atom is -0.487 e. The minimum absolute atomic E-state index is 0.102. The van der Waals surface area contributed by atoms with Gasteiger partial charge in [-0.3, -0.25) is 0 Å². The van der Waals surface area contributed by atoms with Crippen LogP contribution < -0.4 is 15.4 Å². The van der Waals surface area contributed by atoms with Gasteiger partial charge in [-0.05, 0) is 62.8 Å². The van der Waals surface area contributed by atoms with Crippen LogP contribution in [0, 0.1) is 6.92 Å². The minimum atomic E-state index is -4.39. The van der Waals surface area contributed by atoms with Crippen molar-refractivity contribution < 1.29 is 17.9 Å². The Balaban J connectivity index is 1.77. The molecule has 0 saturated carbocycles. The van der Waals surface area contributed by atoms with Crippen molar-refractivity contribution in [3.8, 4) is 5.75 Å². The smallest absolute Gasteiger partial charge is 0.416 e. The van der Waals surface area contributed by atoms with Crippen molar-refractivity contribution in [2.24, 2.45) is 0 Å². The van der Waals surface area contributed by atoms with Gasteiger partial charge in [0.1, 0.15) is 11.4 Å². The topological polar surface area (TPSA) is 33.3 Å². The molecule has 0 amide bonds. The third-order valence-corrected chi connectivity index (χ3v) is 4.60. The molecule has 2 aromatic rings. The van der Waals surface area contributed by atoms with Crippen LogP contribution in [0.5, 0.6) is 5.75 Å². The molecule has 0 aromatic heterocycles. The van der Waals surface area contributed by atoms with Crippen LogP contribution in [0.4, 0.5) is 18.9 Å². The molecule has 0 fully saturated rings. The van der Waals surface area contributed by atoms with Crippen molar-refractivity contribution in [2.45, 2.75) is 45.0 Å². The molecule has 0 radical (unpaired) electrons. The van der Waals surface area contributed by atoms with Gasteiger partial charge in [0.25, 0.3) is 0 Å². The van der Waals surface area contributed by atoms with Crippen LogP contribution in [0.25, 0.3) is 0 Å². The standard InChI is InChI=1S/C20H21F3N2OS/c1-12-7-8-15-16(11-19(2,3)26-17(15)9-12)25-18(27)24-14-6-4-5-13(10-14)20(21,22)23/h4-10,16H,11H2,1-3H3,(H2,24,25,27)/t16-/m0/s1. The van der Waals surface area contributed by atoms with Crippen LogP contribution in [0.15, 0.2) is 42.5 Å². The van der Waals surface area contributed by atoms with Crippen molar-refractivity contribution in [3.05, 3.63) is 59.2 Å². The molecule has 1 atom stereocenters. The van der Waals surface area contributed by atoms with Gasteiger partial charge >= 0.3 is 6.18 Å². The molecule has 3 rings (SSSR count). The summed E-state index contributed by atoms with van der Waals surface area (Å²) in [4.78, 5) is 0. The third-order valence-electron chi connectivity index (χ3n) is 4.38. The second-order valence-electron chi connectivity index (χ2n) is 7.34. The Morgan fingerprint density at radius 3 is 2.63 bits per heavy atom. The predicted octanol–water partition coefficient (Wildman–Crippen LogP) is 5.60. The van der Waals surface area contributed by atoms with Crippen molar-refractivity contribution in [2.75, 3.05) is 5.32 Å². The molecule has 7 heteroatoms. The SMILES string of the molecule is Cc1ccc2c(c1)OC(C)(C)C[C@@H]2NC(=S)Nc1cccc(C(F)(F)F)c1. The average molecular weight is 394 g/mol. The predicted molar refractivity (Wildman–Crippen MR) is 104 cm³/mol. The highest BCUT2D eigenvalue weighted by atomic mass is 32.1. The van der Waals surface area contributed by atoms with Crippen LogP contribution in [0.1, 0.15) is 43.0 Å². The highest BCUT2D eigenvalue weighted by molar-refractivity contribution is 7.80. The summed E-state index contributed by atoms with van der Waals surface area (Å²) in [6.07, 6.45) is -3.72. The van der Waals surface area contributed by atoms with E-state index < -0.39 is 11.7 Å². The van der Waals surface area contributed by atoms with Crippen LogP contribution in [-0.4, -0.2) is 10.7 Å². The van der Waals surface area contributed by atoms with Gasteiger partial charge < -0.3 is 15.4 Å². The van der Waals surface area contributed by atoms with Crippen molar-refractivity contribution in [1.82, 2.24) is 5.32 Å². The van der Waals surface area contributed by atoms with Crippen molar-refractivity contribution >= 4 is 23.0 Å². The van der Waals surface area contributed by atoms with Gasteiger partial charge in [-0.1, -0.05) is 18.2 Å². The number of fused-ring (bicyclic) bond motifs is 1. The maximum Gasteiger partial charge on any atom is 0.416 e. The molecular formula is C20H21F3N2OS. The van der Waals surface area contributed by atoms with E-state index in [1.54, 1.807) is 6.07 Å². The van der Waals surface area contributed by atoms with E-state index in [1.807, 2.05) is 39.0 Å². The molecule has 1 aliphatic rings. The van der Waals surface area contributed by atoms with Crippen LogP contribution >= 0.6 is 12.2 Å². The maximum atomic E-state index is 12.9. The number of rotatable bonds is 2. The van der Waals surface area contributed by atoms with Gasteiger partial charge in [-0.2, -0.15) is 13.2 Å². The lowest BCUT2D eigenvalue weighted by atomic mass is 9.89. The number of anilines is 1. The number of nitrogens with one attached hydrogen (secondary N) is 2. The number of hydrogen-bond donors (Lipinski definition) is 2. The Labute approximate surface area is 161 Å². The van der Waals surface area contributed by atoms with Crippen LogP contribution in [0.3, 0.4) is 0 Å². The van der Waals surface area contributed by atoms with E-state index in [1.165, 1.54) is 6.07 Å². The molecule has 1 heterocycles. The number of halogens is 3. The summed E-state index contributed by atoms with van der Waals surface area (Å²) in [5.41, 5.74) is 1.26. The number of hydrogen-bond acceptors (Lipinski definition) is 2. The highest BCUT2D eigenvalue weighted by Gasteiger charge is 2.34. The van der Waals surface area contributed by atoms with E-state index in [0.29, 0.717) is 6.42 Å². The summed E-state index contributed by atoms with van der Waals surface area (Å²) in [7, 11) is 0. The molecule has 27 heavy (non-hydrogen) atoms. The molecule has 0 unspecified atom stereocenters. The summed E-state index contributed by atoms with van der Waals surface area (Å²) in [6.45, 7) is 5.99. The van der Waals surface area contributed by atoms with Crippen molar-refractivity contribution in [3.63, 3.8) is 0 Å². The van der Waals surface area contributed by atoms with Gasteiger partial charge in [0, 0.05) is 17.7 Å². The molecule has 0 spiro atoms. The zero-order valence-corrected chi connectivity index (χ0v) is 16.1. The van der Waals surface area contributed by atoms with Crippen LogP contribution in [0.2, 0.25) is 0 Å². The molecule has 3 nitrogen and oxygen atoms in total. The first-order valence-corrected chi connectivity index (χ1v) is 8.99. The lowest BCUT2D eigenvalue weighted by Gasteiger charge is -2.38. The molecule has 144 valence electrons. The van der Waals surface area contributed by atoms with E-state index in [9.17, 15) is 13.2 Å². The number of thiocarbonyl (C=S) groups is 1. The van der Waals surface area contributed by atoms with Gasteiger partial charge in [-0.25, -0.2) is 0 Å². The second-order valence-corrected chi connectivity index (χ2v) is 7.75. The molecule has 2 N–H and O–H groups in total. The van der Waals surface area contributed by atoms with Gasteiger partial charge in [0.05, 0.1) is 11.6 Å². The first kappa shape index (κ1) is 19.5. The quantitative estimate of drug-likeness (QED) is 0.650. The fraction of sp³-hybridized carbons (Fsp3) is 0.350. The van der Waals surface area contributed by atoms with Gasteiger partial charge in [-0.15, -0.1) is 0 Å². The molecule has 1 aliphatic heterocycles. The van der Waals surface area contributed by atoms with E-state index >= 15 is 0 Å². The Hall–Kier alpha value is -2.28. The van der Waals surface area contributed by atoms with Gasteiger partial charge in [0.2, 0.25) is 0 Å². The van der Waals surface area contributed by atoms with Crippen molar-refractivity contribution in [1.29, 1.82) is 0 Å². The summed E-state index contributed by atoms with van der Waals surface area (Å²) >= 11 is 5.34. The first-order valence-electron chi connectivity index (χ1n) is 8.58. The molecule has 2 aromatic carbocycles. The Morgan fingerprint density at radius 1 is 1.19 bits per heavy atom. The maximum absolute atomic E-state index is 12.9. The normalized spacial score (nSPS) is 18.2. The fourth-order valence-electron chi connectivity index (χ4n) is 3.19. The number of aryl methyl sites for hydroxylation is 1. The summed E-state index contributed by atoms with van der Waals surface area (Å²) < 4.78 is 44.7. The molecule has 0 aliphatic carbocycles.